The lowest BCUT2D eigenvalue weighted by molar-refractivity contribution is 0.0647. The van der Waals surface area contributed by atoms with E-state index < -0.39 is 15.9 Å². The van der Waals surface area contributed by atoms with Gasteiger partial charge in [0.15, 0.2) is 9.84 Å². The van der Waals surface area contributed by atoms with Crippen LogP contribution in [-0.4, -0.2) is 70.9 Å². The van der Waals surface area contributed by atoms with E-state index in [4.69, 9.17) is 0 Å². The molecule has 2 saturated heterocycles. The van der Waals surface area contributed by atoms with Gasteiger partial charge in [0.05, 0.1) is 23.6 Å². The predicted molar refractivity (Wildman–Crippen MR) is 90.9 cm³/mol. The van der Waals surface area contributed by atoms with E-state index in [0.29, 0.717) is 24.6 Å². The molecular formula is C16H17N5O3S. The van der Waals surface area contributed by atoms with Gasteiger partial charge < -0.3 is 9.80 Å². The molecule has 4 heterocycles. The normalized spacial score (nSPS) is 24.8. The third-order valence-electron chi connectivity index (χ3n) is 4.67. The van der Waals surface area contributed by atoms with Crippen molar-refractivity contribution in [2.75, 3.05) is 29.5 Å². The van der Waals surface area contributed by atoms with Gasteiger partial charge in [0.1, 0.15) is 0 Å². The van der Waals surface area contributed by atoms with Crippen molar-refractivity contribution in [2.24, 2.45) is 0 Å². The van der Waals surface area contributed by atoms with E-state index in [-0.39, 0.29) is 23.5 Å². The van der Waals surface area contributed by atoms with Crippen LogP contribution in [0.2, 0.25) is 0 Å². The van der Waals surface area contributed by atoms with Gasteiger partial charge in [0.2, 0.25) is 5.95 Å². The van der Waals surface area contributed by atoms with Crippen molar-refractivity contribution in [1.29, 1.82) is 0 Å². The number of nitrogens with zero attached hydrogens (tertiary/aromatic N) is 5. The van der Waals surface area contributed by atoms with Crippen molar-refractivity contribution in [1.82, 2.24) is 19.9 Å². The largest absolute Gasteiger partial charge is 0.333 e. The van der Waals surface area contributed by atoms with Crippen molar-refractivity contribution in [2.45, 2.75) is 12.1 Å². The molecule has 0 spiro atoms. The summed E-state index contributed by atoms with van der Waals surface area (Å²) in [7, 11) is -3.22. The number of hydrogen-bond acceptors (Lipinski definition) is 7. The maximum atomic E-state index is 12.9. The van der Waals surface area contributed by atoms with E-state index in [9.17, 15) is 13.2 Å². The summed E-state index contributed by atoms with van der Waals surface area (Å²) >= 11 is 0. The van der Waals surface area contributed by atoms with Gasteiger partial charge in [0, 0.05) is 43.4 Å². The van der Waals surface area contributed by atoms with Gasteiger partial charge in [-0.15, -0.1) is 0 Å². The zero-order chi connectivity index (χ0) is 17.4. The number of rotatable bonds is 2. The zero-order valence-corrected chi connectivity index (χ0v) is 14.2. The number of amides is 1. The Morgan fingerprint density at radius 1 is 1.00 bits per heavy atom. The Balaban J connectivity index is 1.66. The molecule has 0 saturated carbocycles. The highest BCUT2D eigenvalue weighted by Crippen LogP contribution is 2.30. The molecule has 0 radical (unpaired) electrons. The third-order valence-corrected chi connectivity index (χ3v) is 6.37. The fourth-order valence-electron chi connectivity index (χ4n) is 3.55. The van der Waals surface area contributed by atoms with E-state index in [1.54, 1.807) is 47.9 Å². The topological polar surface area (TPSA) is 96.4 Å². The van der Waals surface area contributed by atoms with Gasteiger partial charge in [-0.05, 0) is 18.2 Å². The Kier molecular flexibility index (Phi) is 3.87. The van der Waals surface area contributed by atoms with Gasteiger partial charge in [-0.25, -0.2) is 18.4 Å². The smallest absolute Gasteiger partial charge is 0.254 e. The Bertz CT molecular complexity index is 875. The highest BCUT2D eigenvalue weighted by Gasteiger charge is 2.48. The summed E-state index contributed by atoms with van der Waals surface area (Å²) in [6.07, 6.45) is 6.39. The molecule has 9 heteroatoms. The van der Waals surface area contributed by atoms with Crippen molar-refractivity contribution in [3.8, 4) is 0 Å². The molecule has 0 unspecified atom stereocenters. The van der Waals surface area contributed by atoms with Crippen molar-refractivity contribution < 1.29 is 13.2 Å². The molecule has 2 aromatic rings. The van der Waals surface area contributed by atoms with Crippen LogP contribution in [0.4, 0.5) is 5.95 Å². The molecule has 8 nitrogen and oxygen atoms in total. The number of fused-ring (bicyclic) bond motifs is 1. The predicted octanol–water partition coefficient (Wildman–Crippen LogP) is -0.000400. The lowest BCUT2D eigenvalue weighted by Crippen LogP contribution is -2.61. The molecule has 4 rings (SSSR count). The van der Waals surface area contributed by atoms with Crippen LogP contribution in [0, 0.1) is 0 Å². The molecule has 2 fully saturated rings. The van der Waals surface area contributed by atoms with Crippen LogP contribution >= 0.6 is 0 Å². The highest BCUT2D eigenvalue weighted by atomic mass is 32.2. The Morgan fingerprint density at radius 2 is 1.68 bits per heavy atom. The summed E-state index contributed by atoms with van der Waals surface area (Å²) in [5.41, 5.74) is 0.516. The second kappa shape index (κ2) is 6.07. The molecule has 0 bridgehead atoms. The summed E-state index contributed by atoms with van der Waals surface area (Å²) in [5, 5.41) is 0. The van der Waals surface area contributed by atoms with E-state index in [0.717, 1.165) is 0 Å². The molecule has 130 valence electrons. The average molecular weight is 359 g/mol. The zero-order valence-electron chi connectivity index (χ0n) is 13.4. The minimum atomic E-state index is -3.22. The molecular weight excluding hydrogens is 342 g/mol. The number of carbonyl (C=O) groups is 1. The molecule has 25 heavy (non-hydrogen) atoms. The van der Waals surface area contributed by atoms with Crippen molar-refractivity contribution >= 4 is 21.7 Å². The maximum Gasteiger partial charge on any atom is 0.254 e. The quantitative estimate of drug-likeness (QED) is 0.744. The molecule has 0 aromatic carbocycles. The van der Waals surface area contributed by atoms with Crippen LogP contribution in [0.15, 0.2) is 43.0 Å². The van der Waals surface area contributed by atoms with Crippen LogP contribution in [0.1, 0.15) is 10.4 Å². The molecule has 2 atom stereocenters. The molecule has 0 aliphatic carbocycles. The summed E-state index contributed by atoms with van der Waals surface area (Å²) in [5.74, 6) is 0.321. The summed E-state index contributed by atoms with van der Waals surface area (Å²) in [6.45, 7) is 0.924. The van der Waals surface area contributed by atoms with Gasteiger partial charge in [-0.3, -0.25) is 9.78 Å². The minimum Gasteiger partial charge on any atom is -0.333 e. The number of anilines is 1. The van der Waals surface area contributed by atoms with E-state index >= 15 is 0 Å². The summed E-state index contributed by atoms with van der Waals surface area (Å²) in [4.78, 5) is 28.8. The van der Waals surface area contributed by atoms with E-state index in [1.165, 1.54) is 0 Å². The van der Waals surface area contributed by atoms with Crippen LogP contribution in [0.5, 0.6) is 0 Å². The monoisotopic (exact) mass is 359 g/mol. The summed E-state index contributed by atoms with van der Waals surface area (Å²) < 4.78 is 24.5. The highest BCUT2D eigenvalue weighted by molar-refractivity contribution is 7.91. The van der Waals surface area contributed by atoms with Crippen molar-refractivity contribution in [3.63, 3.8) is 0 Å². The fraction of sp³-hybridized carbons (Fsp3) is 0.375. The van der Waals surface area contributed by atoms with Gasteiger partial charge in [-0.2, -0.15) is 0 Å². The molecule has 1 amide bonds. The fourth-order valence-corrected chi connectivity index (χ4v) is 5.53. The van der Waals surface area contributed by atoms with Crippen LogP contribution in [0.3, 0.4) is 0 Å². The molecule has 2 aliphatic heterocycles. The van der Waals surface area contributed by atoms with Gasteiger partial charge in [-0.1, -0.05) is 0 Å². The first kappa shape index (κ1) is 15.9. The van der Waals surface area contributed by atoms with Gasteiger partial charge >= 0.3 is 0 Å². The minimum absolute atomic E-state index is 0.00997. The van der Waals surface area contributed by atoms with E-state index in [1.807, 2.05) is 4.90 Å². The SMILES string of the molecule is O=C(c1ccncc1)N1CCN(c2ncccn2)[C@@H]2CS(=O)(=O)C[C@@H]21. The average Bonchev–Trinajstić information content (AvgIpc) is 2.96. The van der Waals surface area contributed by atoms with Crippen LogP contribution < -0.4 is 4.90 Å². The number of aromatic nitrogens is 3. The van der Waals surface area contributed by atoms with Crippen LogP contribution in [0.25, 0.3) is 0 Å². The maximum absolute atomic E-state index is 12.9. The number of pyridine rings is 1. The first-order chi connectivity index (χ1) is 12.1. The molecule has 2 aromatic heterocycles. The molecule has 2 aliphatic rings. The standard InChI is InChI=1S/C16H17N5O3S/c22-15(12-2-6-17-7-3-12)20-8-9-21(16-18-4-1-5-19-16)14-11-25(23,24)10-13(14)20/h1-7,13-14H,8-11H2/t13-,14+/m0/s1. The third kappa shape index (κ3) is 2.95. The molecule has 0 N–H and O–H groups in total. The van der Waals surface area contributed by atoms with Gasteiger partial charge in [0.25, 0.3) is 5.91 Å². The Labute approximate surface area is 145 Å². The summed E-state index contributed by atoms with van der Waals surface area (Å²) in [6, 6.07) is 4.28. The van der Waals surface area contributed by atoms with Crippen LogP contribution in [-0.2, 0) is 9.84 Å². The number of piperazine rings is 1. The first-order valence-electron chi connectivity index (χ1n) is 8.00. The number of sulfone groups is 1. The number of hydrogen-bond donors (Lipinski definition) is 0. The second-order valence-corrected chi connectivity index (χ2v) is 8.34. The Morgan fingerprint density at radius 3 is 2.40 bits per heavy atom. The first-order valence-corrected chi connectivity index (χ1v) is 9.82. The van der Waals surface area contributed by atoms with E-state index in [2.05, 4.69) is 15.0 Å². The lowest BCUT2D eigenvalue weighted by atomic mass is 10.0. The lowest BCUT2D eigenvalue weighted by Gasteiger charge is -2.43. The van der Waals surface area contributed by atoms with Crippen molar-refractivity contribution in [3.05, 3.63) is 48.5 Å². The number of carbonyl (C=O) groups excluding carboxylic acids is 1. The Hall–Kier alpha value is -2.55. The second-order valence-electron chi connectivity index (χ2n) is 6.19.